The Morgan fingerprint density at radius 2 is 1.73 bits per heavy atom. The van der Waals surface area contributed by atoms with Gasteiger partial charge in [0.2, 0.25) is 0 Å². The number of anilines is 3. The Morgan fingerprint density at radius 1 is 0.967 bits per heavy atom. The van der Waals surface area contributed by atoms with E-state index in [0.29, 0.717) is 33.5 Å². The maximum absolute atomic E-state index is 13.0. The van der Waals surface area contributed by atoms with Crippen LogP contribution in [-0.2, 0) is 0 Å². The largest absolute Gasteiger partial charge is 0.383 e. The molecule has 30 heavy (non-hydrogen) atoms. The molecule has 4 aromatic rings. The summed E-state index contributed by atoms with van der Waals surface area (Å²) in [7, 11) is 0. The SMILES string of the molecule is Cc1ccc(NC(=O)Nc2cccc(C(=O)c3c[nH]c4ncnc(N)c34)c2)cc1C. The smallest absolute Gasteiger partial charge is 0.323 e. The fraction of sp³-hybridized carbons (Fsp3) is 0.0909. The zero-order chi connectivity index (χ0) is 21.3. The van der Waals surface area contributed by atoms with Gasteiger partial charge in [-0.1, -0.05) is 18.2 Å². The topological polar surface area (TPSA) is 126 Å². The number of nitrogens with one attached hydrogen (secondary N) is 3. The lowest BCUT2D eigenvalue weighted by atomic mass is 10.0. The molecule has 4 rings (SSSR count). The molecule has 8 nitrogen and oxygen atoms in total. The molecule has 2 aromatic carbocycles. The molecule has 2 aromatic heterocycles. The molecule has 8 heteroatoms. The molecule has 0 fully saturated rings. The van der Waals surface area contributed by atoms with Crippen molar-refractivity contribution in [2.24, 2.45) is 0 Å². The molecule has 5 N–H and O–H groups in total. The number of rotatable bonds is 4. The summed E-state index contributed by atoms with van der Waals surface area (Å²) in [5.74, 6) is -0.0207. The fourth-order valence-electron chi connectivity index (χ4n) is 3.17. The first-order valence-corrected chi connectivity index (χ1v) is 9.30. The first kappa shape index (κ1) is 19.1. The van der Waals surface area contributed by atoms with Gasteiger partial charge in [0.1, 0.15) is 17.8 Å². The van der Waals surface area contributed by atoms with Gasteiger partial charge in [-0.25, -0.2) is 14.8 Å². The quantitative estimate of drug-likeness (QED) is 0.385. The van der Waals surface area contributed by atoms with Crippen molar-refractivity contribution in [1.82, 2.24) is 15.0 Å². The number of ketones is 1. The summed E-state index contributed by atoms with van der Waals surface area (Å²) in [4.78, 5) is 36.3. The van der Waals surface area contributed by atoms with Crippen molar-refractivity contribution in [3.05, 3.63) is 77.2 Å². The standard InChI is InChI=1S/C22H20N6O2/c1-12-6-7-16(8-13(12)2)28-22(30)27-15-5-3-4-14(9-15)19(29)17-10-24-21-18(17)20(23)25-11-26-21/h3-11H,1-2H3,(H2,27,28,30)(H3,23,24,25,26). The highest BCUT2D eigenvalue weighted by Gasteiger charge is 2.18. The van der Waals surface area contributed by atoms with E-state index in [2.05, 4.69) is 25.6 Å². The number of amides is 2. The van der Waals surface area contributed by atoms with Crippen LogP contribution in [0.25, 0.3) is 11.0 Å². The van der Waals surface area contributed by atoms with Crippen LogP contribution in [0.1, 0.15) is 27.0 Å². The number of fused-ring (bicyclic) bond motifs is 1. The Morgan fingerprint density at radius 3 is 2.50 bits per heavy atom. The van der Waals surface area contributed by atoms with E-state index in [4.69, 9.17) is 5.73 Å². The van der Waals surface area contributed by atoms with E-state index >= 15 is 0 Å². The molecule has 0 spiro atoms. The van der Waals surface area contributed by atoms with E-state index in [9.17, 15) is 9.59 Å². The molecule has 0 atom stereocenters. The van der Waals surface area contributed by atoms with Crippen molar-refractivity contribution >= 4 is 40.0 Å². The van der Waals surface area contributed by atoms with Gasteiger partial charge in [0.15, 0.2) is 5.78 Å². The molecule has 150 valence electrons. The predicted octanol–water partition coefficient (Wildman–Crippen LogP) is 4.03. The molecular formula is C22H20N6O2. The van der Waals surface area contributed by atoms with Crippen molar-refractivity contribution in [3.63, 3.8) is 0 Å². The number of carbonyl (C=O) groups is 2. The Hall–Kier alpha value is -4.20. The first-order chi connectivity index (χ1) is 14.4. The van der Waals surface area contributed by atoms with Gasteiger partial charge >= 0.3 is 6.03 Å². The first-order valence-electron chi connectivity index (χ1n) is 9.30. The van der Waals surface area contributed by atoms with Crippen LogP contribution < -0.4 is 16.4 Å². The van der Waals surface area contributed by atoms with Crippen LogP contribution >= 0.6 is 0 Å². The van der Waals surface area contributed by atoms with E-state index in [1.807, 2.05) is 32.0 Å². The lowest BCUT2D eigenvalue weighted by Crippen LogP contribution is -2.19. The predicted molar refractivity (Wildman–Crippen MR) is 117 cm³/mol. The van der Waals surface area contributed by atoms with Gasteiger partial charge in [-0.15, -0.1) is 0 Å². The number of nitrogens with zero attached hydrogens (tertiary/aromatic N) is 2. The van der Waals surface area contributed by atoms with Crippen molar-refractivity contribution in [2.75, 3.05) is 16.4 Å². The van der Waals surface area contributed by atoms with Crippen LogP contribution in [0.15, 0.2) is 55.0 Å². The number of nitrogens with two attached hydrogens (primary N) is 1. The van der Waals surface area contributed by atoms with Crippen molar-refractivity contribution in [2.45, 2.75) is 13.8 Å². The van der Waals surface area contributed by atoms with Crippen molar-refractivity contribution in [3.8, 4) is 0 Å². The van der Waals surface area contributed by atoms with Gasteiger partial charge < -0.3 is 21.4 Å². The van der Waals surface area contributed by atoms with Crippen molar-refractivity contribution in [1.29, 1.82) is 0 Å². The van der Waals surface area contributed by atoms with Crippen LogP contribution in [0.4, 0.5) is 22.0 Å². The molecule has 0 unspecified atom stereocenters. The maximum Gasteiger partial charge on any atom is 0.323 e. The summed E-state index contributed by atoms with van der Waals surface area (Å²) in [5, 5.41) is 6.03. The van der Waals surface area contributed by atoms with Crippen LogP contribution in [0.3, 0.4) is 0 Å². The molecule has 0 bridgehead atoms. The minimum absolute atomic E-state index is 0.228. The third kappa shape index (κ3) is 3.70. The van der Waals surface area contributed by atoms with Crippen molar-refractivity contribution < 1.29 is 9.59 Å². The summed E-state index contributed by atoms with van der Waals surface area (Å²) in [6.45, 7) is 3.99. The minimum Gasteiger partial charge on any atom is -0.383 e. The second-order valence-corrected chi connectivity index (χ2v) is 6.97. The highest BCUT2D eigenvalue weighted by atomic mass is 16.2. The second kappa shape index (κ2) is 7.67. The summed E-state index contributed by atoms with van der Waals surface area (Å²) >= 11 is 0. The number of aromatic nitrogens is 3. The molecule has 2 heterocycles. The molecule has 0 aliphatic carbocycles. The molecule has 2 amide bonds. The van der Waals surface area contributed by atoms with E-state index in [1.54, 1.807) is 30.5 Å². The molecule has 0 aliphatic rings. The average Bonchev–Trinajstić information content (AvgIpc) is 3.16. The summed E-state index contributed by atoms with van der Waals surface area (Å²) < 4.78 is 0. The number of aromatic amines is 1. The second-order valence-electron chi connectivity index (χ2n) is 6.97. The Balaban J connectivity index is 1.54. The van der Waals surface area contributed by atoms with E-state index < -0.39 is 6.03 Å². The maximum atomic E-state index is 13.0. The molecule has 0 saturated carbocycles. The Labute approximate surface area is 172 Å². The average molecular weight is 400 g/mol. The normalized spacial score (nSPS) is 10.7. The summed E-state index contributed by atoms with van der Waals surface area (Å²) in [6.07, 6.45) is 2.89. The fourth-order valence-corrected chi connectivity index (χ4v) is 3.17. The van der Waals surface area contributed by atoms with Gasteiger partial charge in [0.05, 0.1) is 10.9 Å². The zero-order valence-corrected chi connectivity index (χ0v) is 16.5. The number of hydrogen-bond donors (Lipinski definition) is 4. The van der Waals surface area contributed by atoms with Crippen LogP contribution in [-0.4, -0.2) is 26.8 Å². The highest BCUT2D eigenvalue weighted by Crippen LogP contribution is 2.24. The van der Waals surface area contributed by atoms with Gasteiger partial charge in [0, 0.05) is 23.1 Å². The summed E-state index contributed by atoms with van der Waals surface area (Å²) in [6, 6.07) is 12.0. The number of aryl methyl sites for hydroxylation is 2. The number of carbonyl (C=O) groups excluding carboxylic acids is 2. The number of hydrogen-bond acceptors (Lipinski definition) is 5. The molecule has 0 saturated heterocycles. The van der Waals surface area contributed by atoms with E-state index in [0.717, 1.165) is 11.1 Å². The zero-order valence-electron chi connectivity index (χ0n) is 16.5. The van der Waals surface area contributed by atoms with Gasteiger partial charge in [-0.2, -0.15) is 0 Å². The van der Waals surface area contributed by atoms with Crippen LogP contribution in [0.5, 0.6) is 0 Å². The summed E-state index contributed by atoms with van der Waals surface area (Å²) in [5.41, 5.74) is 10.6. The molecular weight excluding hydrogens is 380 g/mol. The van der Waals surface area contributed by atoms with Gasteiger partial charge in [-0.3, -0.25) is 4.79 Å². The van der Waals surface area contributed by atoms with Gasteiger partial charge in [-0.05, 0) is 49.2 Å². The Bertz CT molecular complexity index is 1280. The lowest BCUT2D eigenvalue weighted by Gasteiger charge is -2.10. The van der Waals surface area contributed by atoms with Gasteiger partial charge in [0.25, 0.3) is 0 Å². The van der Waals surface area contributed by atoms with Crippen LogP contribution in [0, 0.1) is 13.8 Å². The number of nitrogen functional groups attached to an aromatic ring is 1. The highest BCUT2D eigenvalue weighted by molar-refractivity contribution is 6.18. The number of H-pyrrole nitrogens is 1. The van der Waals surface area contributed by atoms with E-state index in [1.165, 1.54) is 6.33 Å². The Kier molecular flexibility index (Phi) is 4.89. The lowest BCUT2D eigenvalue weighted by molar-refractivity contribution is 0.104. The third-order valence-corrected chi connectivity index (χ3v) is 4.89. The molecule has 0 aliphatic heterocycles. The minimum atomic E-state index is -0.396. The number of urea groups is 1. The van der Waals surface area contributed by atoms with E-state index in [-0.39, 0.29) is 11.6 Å². The molecule has 0 radical (unpaired) electrons. The third-order valence-electron chi connectivity index (χ3n) is 4.89. The number of benzene rings is 2. The monoisotopic (exact) mass is 400 g/mol. The van der Waals surface area contributed by atoms with Crippen LogP contribution in [0.2, 0.25) is 0 Å².